The van der Waals surface area contributed by atoms with Crippen LogP contribution < -0.4 is 15.4 Å². The molecule has 6 heteroatoms. The van der Waals surface area contributed by atoms with Crippen molar-refractivity contribution in [1.82, 2.24) is 10.6 Å². The second kappa shape index (κ2) is 5.35. The topological polar surface area (TPSA) is 67.4 Å². The Balaban J connectivity index is 1.83. The molecular weight excluding hydrogens is 275 g/mol. The highest BCUT2D eigenvalue weighted by atomic mass is 19.1. The van der Waals surface area contributed by atoms with Crippen molar-refractivity contribution >= 4 is 11.8 Å². The van der Waals surface area contributed by atoms with Gasteiger partial charge in [-0.25, -0.2) is 4.39 Å². The van der Waals surface area contributed by atoms with Gasteiger partial charge in [0.15, 0.2) is 0 Å². The molecule has 0 aromatic heterocycles. The van der Waals surface area contributed by atoms with Gasteiger partial charge in [-0.15, -0.1) is 0 Å². The Morgan fingerprint density at radius 2 is 2.19 bits per heavy atom. The number of benzene rings is 1. The molecule has 2 amide bonds. The molecule has 1 heterocycles. The summed E-state index contributed by atoms with van der Waals surface area (Å²) >= 11 is 0. The third kappa shape index (κ3) is 2.84. The maximum Gasteiger partial charge on any atom is 0.223 e. The summed E-state index contributed by atoms with van der Waals surface area (Å²) in [5.74, 6) is -0.0990. The molecule has 2 N–H and O–H groups in total. The summed E-state index contributed by atoms with van der Waals surface area (Å²) in [6, 6.07) is 3.40. The van der Waals surface area contributed by atoms with E-state index in [2.05, 4.69) is 10.6 Å². The van der Waals surface area contributed by atoms with E-state index >= 15 is 0 Å². The molecule has 0 spiro atoms. The van der Waals surface area contributed by atoms with Gasteiger partial charge >= 0.3 is 0 Å². The number of carbonyl (C=O) groups excluding carboxylic acids is 2. The molecule has 1 saturated heterocycles. The lowest BCUT2D eigenvalue weighted by Gasteiger charge is -2.21. The van der Waals surface area contributed by atoms with Gasteiger partial charge in [-0.2, -0.15) is 0 Å². The average molecular weight is 292 g/mol. The predicted molar refractivity (Wildman–Crippen MR) is 73.1 cm³/mol. The molecule has 1 saturated carbocycles. The van der Waals surface area contributed by atoms with Gasteiger partial charge in [0, 0.05) is 17.9 Å². The maximum atomic E-state index is 14.0. The Bertz CT molecular complexity index is 586. The smallest absolute Gasteiger partial charge is 0.223 e. The number of hydrogen-bond acceptors (Lipinski definition) is 3. The molecule has 1 aliphatic heterocycles. The SMILES string of the molecule is COc1ccc(F)c([C@H]2NC(=O)C[C@@H]2NC(=O)C2CC2)c1. The predicted octanol–water partition coefficient (Wildman–Crippen LogP) is 1.29. The summed E-state index contributed by atoms with van der Waals surface area (Å²) in [6.07, 6.45) is 1.94. The van der Waals surface area contributed by atoms with E-state index in [4.69, 9.17) is 4.74 Å². The highest BCUT2D eigenvalue weighted by Crippen LogP contribution is 2.32. The highest BCUT2D eigenvalue weighted by Gasteiger charge is 2.39. The Kier molecular flexibility index (Phi) is 3.53. The first-order valence-corrected chi connectivity index (χ1v) is 7.01. The Labute approximate surface area is 121 Å². The zero-order valence-corrected chi connectivity index (χ0v) is 11.7. The lowest BCUT2D eigenvalue weighted by molar-refractivity contribution is -0.123. The summed E-state index contributed by atoms with van der Waals surface area (Å²) < 4.78 is 19.1. The highest BCUT2D eigenvalue weighted by molar-refractivity contribution is 5.85. The molecule has 1 aliphatic carbocycles. The fourth-order valence-electron chi connectivity index (χ4n) is 2.61. The van der Waals surface area contributed by atoms with Crippen LogP contribution >= 0.6 is 0 Å². The molecule has 21 heavy (non-hydrogen) atoms. The van der Waals surface area contributed by atoms with E-state index in [1.807, 2.05) is 0 Å². The van der Waals surface area contributed by atoms with Crippen molar-refractivity contribution in [3.63, 3.8) is 0 Å². The summed E-state index contributed by atoms with van der Waals surface area (Å²) in [4.78, 5) is 23.5. The third-order valence-electron chi connectivity index (χ3n) is 3.94. The van der Waals surface area contributed by atoms with Crippen LogP contribution in [0.2, 0.25) is 0 Å². The third-order valence-corrected chi connectivity index (χ3v) is 3.94. The number of hydrogen-bond donors (Lipinski definition) is 2. The monoisotopic (exact) mass is 292 g/mol. The van der Waals surface area contributed by atoms with Gasteiger partial charge < -0.3 is 15.4 Å². The van der Waals surface area contributed by atoms with Gasteiger partial charge in [0.25, 0.3) is 0 Å². The van der Waals surface area contributed by atoms with Crippen LogP contribution in [0, 0.1) is 11.7 Å². The molecular formula is C15H17FN2O3. The van der Waals surface area contributed by atoms with Crippen molar-refractivity contribution in [3.05, 3.63) is 29.6 Å². The lowest BCUT2D eigenvalue weighted by Crippen LogP contribution is -2.39. The fraction of sp³-hybridized carbons (Fsp3) is 0.467. The van der Waals surface area contributed by atoms with E-state index in [0.29, 0.717) is 11.3 Å². The minimum atomic E-state index is -0.560. The minimum Gasteiger partial charge on any atom is -0.497 e. The van der Waals surface area contributed by atoms with Gasteiger partial charge in [0.1, 0.15) is 11.6 Å². The second-order valence-corrected chi connectivity index (χ2v) is 5.53. The molecule has 2 atom stereocenters. The van der Waals surface area contributed by atoms with Crippen molar-refractivity contribution in [1.29, 1.82) is 0 Å². The number of nitrogens with one attached hydrogen (secondary N) is 2. The zero-order chi connectivity index (χ0) is 15.0. The number of methoxy groups -OCH3 is 1. The van der Waals surface area contributed by atoms with E-state index < -0.39 is 17.9 Å². The van der Waals surface area contributed by atoms with Crippen LogP contribution in [-0.4, -0.2) is 25.0 Å². The molecule has 0 bridgehead atoms. The van der Waals surface area contributed by atoms with Gasteiger partial charge in [-0.05, 0) is 31.0 Å². The van der Waals surface area contributed by atoms with Crippen LogP contribution in [0.4, 0.5) is 4.39 Å². The van der Waals surface area contributed by atoms with Crippen molar-refractivity contribution in [3.8, 4) is 5.75 Å². The molecule has 3 rings (SSSR count). The van der Waals surface area contributed by atoms with Crippen LogP contribution in [0.5, 0.6) is 5.75 Å². The van der Waals surface area contributed by atoms with Crippen molar-refractivity contribution in [2.75, 3.05) is 7.11 Å². The summed E-state index contributed by atoms with van der Waals surface area (Å²) in [5, 5.41) is 5.58. The van der Waals surface area contributed by atoms with Crippen molar-refractivity contribution in [2.24, 2.45) is 5.92 Å². The van der Waals surface area contributed by atoms with Crippen LogP contribution in [0.1, 0.15) is 30.9 Å². The van der Waals surface area contributed by atoms with Crippen LogP contribution in [0.25, 0.3) is 0 Å². The van der Waals surface area contributed by atoms with E-state index in [-0.39, 0.29) is 24.2 Å². The number of halogens is 1. The van der Waals surface area contributed by atoms with Gasteiger partial charge in [0.2, 0.25) is 11.8 Å². The van der Waals surface area contributed by atoms with Crippen molar-refractivity contribution in [2.45, 2.75) is 31.3 Å². The van der Waals surface area contributed by atoms with Gasteiger partial charge in [-0.3, -0.25) is 9.59 Å². The second-order valence-electron chi connectivity index (χ2n) is 5.53. The number of carbonyl (C=O) groups is 2. The van der Waals surface area contributed by atoms with Gasteiger partial charge in [-0.1, -0.05) is 0 Å². The average Bonchev–Trinajstić information content (AvgIpc) is 3.24. The van der Waals surface area contributed by atoms with E-state index in [1.54, 1.807) is 6.07 Å². The summed E-state index contributed by atoms with van der Waals surface area (Å²) in [6.45, 7) is 0. The molecule has 2 fully saturated rings. The van der Waals surface area contributed by atoms with E-state index in [1.165, 1.54) is 19.2 Å². The molecule has 112 valence electrons. The molecule has 1 aromatic carbocycles. The number of amides is 2. The first-order valence-electron chi connectivity index (χ1n) is 7.01. The van der Waals surface area contributed by atoms with E-state index in [9.17, 15) is 14.0 Å². The standard InChI is InChI=1S/C15H17FN2O3/c1-21-9-4-5-11(16)10(6-9)14-12(7-13(19)18-14)17-15(20)8-2-3-8/h4-6,8,12,14H,2-3,7H2,1H3,(H,17,20)(H,18,19)/t12-,14+/m0/s1. The molecule has 0 unspecified atom stereocenters. The lowest BCUT2D eigenvalue weighted by atomic mass is 9.99. The minimum absolute atomic E-state index is 0.0511. The Morgan fingerprint density at radius 1 is 1.43 bits per heavy atom. The molecule has 0 radical (unpaired) electrons. The number of ether oxygens (including phenoxy) is 1. The molecule has 2 aliphatic rings. The zero-order valence-electron chi connectivity index (χ0n) is 11.7. The van der Waals surface area contributed by atoms with Crippen LogP contribution in [-0.2, 0) is 9.59 Å². The normalized spacial score (nSPS) is 24.6. The molecule has 5 nitrogen and oxygen atoms in total. The van der Waals surface area contributed by atoms with Crippen LogP contribution in [0.3, 0.4) is 0 Å². The quantitative estimate of drug-likeness (QED) is 0.878. The van der Waals surface area contributed by atoms with Gasteiger partial charge in [0.05, 0.1) is 19.2 Å². The summed E-state index contributed by atoms with van der Waals surface area (Å²) in [5.41, 5.74) is 0.335. The largest absolute Gasteiger partial charge is 0.497 e. The first-order chi connectivity index (χ1) is 10.1. The fourth-order valence-corrected chi connectivity index (χ4v) is 2.61. The number of rotatable bonds is 4. The molecule has 1 aromatic rings. The Hall–Kier alpha value is -2.11. The maximum absolute atomic E-state index is 14.0. The summed E-state index contributed by atoms with van der Waals surface area (Å²) in [7, 11) is 1.50. The van der Waals surface area contributed by atoms with Crippen LogP contribution in [0.15, 0.2) is 18.2 Å². The van der Waals surface area contributed by atoms with Crippen molar-refractivity contribution < 1.29 is 18.7 Å². The Morgan fingerprint density at radius 3 is 2.86 bits per heavy atom. The first kappa shape index (κ1) is 13.9. The van der Waals surface area contributed by atoms with E-state index in [0.717, 1.165) is 12.8 Å².